The molecule has 2 aromatic rings. The van der Waals surface area contributed by atoms with Crippen LogP contribution in [-0.4, -0.2) is 59.1 Å². The van der Waals surface area contributed by atoms with Crippen molar-refractivity contribution in [3.8, 4) is 5.69 Å². The van der Waals surface area contributed by atoms with Gasteiger partial charge in [0.1, 0.15) is 5.82 Å². The lowest BCUT2D eigenvalue weighted by atomic mass is 10.1. The summed E-state index contributed by atoms with van der Waals surface area (Å²) in [5.41, 5.74) is -2.31. The molecule has 1 fully saturated rings. The Labute approximate surface area is 169 Å². The second-order valence-electron chi connectivity index (χ2n) is 6.76. The van der Waals surface area contributed by atoms with Crippen LogP contribution < -0.4 is 4.72 Å². The second-order valence-corrected chi connectivity index (χ2v) is 8.80. The summed E-state index contributed by atoms with van der Waals surface area (Å²) in [6, 6.07) is 3.75. The fourth-order valence-corrected chi connectivity index (χ4v) is 4.04. The highest BCUT2D eigenvalue weighted by Gasteiger charge is 2.43. The van der Waals surface area contributed by atoms with Crippen LogP contribution in [0.2, 0.25) is 0 Å². The minimum Gasteiger partial charge on any atom is -0.337 e. The number of halogens is 4. The number of nitrogens with one attached hydrogen (secondary N) is 1. The van der Waals surface area contributed by atoms with Gasteiger partial charge >= 0.3 is 6.18 Å². The second kappa shape index (κ2) is 8.30. The van der Waals surface area contributed by atoms with Crippen molar-refractivity contribution < 1.29 is 30.8 Å². The Morgan fingerprint density at radius 3 is 2.33 bits per heavy atom. The summed E-state index contributed by atoms with van der Waals surface area (Å²) in [6.45, 7) is 1.62. The Hall–Kier alpha value is -2.54. The Bertz CT molecular complexity index is 1010. The van der Waals surface area contributed by atoms with E-state index in [2.05, 4.69) is 15.0 Å². The summed E-state index contributed by atoms with van der Waals surface area (Å²) >= 11 is 0. The van der Waals surface area contributed by atoms with Gasteiger partial charge in [-0.05, 0) is 44.0 Å². The van der Waals surface area contributed by atoms with Crippen molar-refractivity contribution in [2.45, 2.75) is 32.0 Å². The first kappa shape index (κ1) is 22.2. The number of sulfonamides is 1. The molecule has 30 heavy (non-hydrogen) atoms. The van der Waals surface area contributed by atoms with E-state index in [1.165, 1.54) is 11.8 Å². The Balaban J connectivity index is 1.82. The van der Waals surface area contributed by atoms with Crippen molar-refractivity contribution in [2.75, 3.05) is 18.8 Å². The maximum absolute atomic E-state index is 13.7. The van der Waals surface area contributed by atoms with Gasteiger partial charge in [-0.3, -0.25) is 4.79 Å². The number of alkyl halides is 3. The molecule has 1 aliphatic heterocycles. The van der Waals surface area contributed by atoms with Crippen LogP contribution in [0.15, 0.2) is 24.3 Å². The topological polar surface area (TPSA) is 97.2 Å². The van der Waals surface area contributed by atoms with Crippen LogP contribution in [0.4, 0.5) is 17.6 Å². The molecule has 0 atom stereocenters. The molecular weight excluding hydrogens is 430 g/mol. The maximum Gasteiger partial charge on any atom is 0.435 e. The number of likely N-dealkylation sites (tertiary alicyclic amines) is 1. The zero-order valence-corrected chi connectivity index (χ0v) is 16.7. The molecule has 0 spiro atoms. The number of carbonyl (C=O) groups excluding carboxylic acids is 1. The van der Waals surface area contributed by atoms with Gasteiger partial charge in [0.25, 0.3) is 5.91 Å². The first-order valence-corrected chi connectivity index (χ1v) is 10.7. The third-order valence-corrected chi connectivity index (χ3v) is 6.17. The zero-order valence-electron chi connectivity index (χ0n) is 15.9. The monoisotopic (exact) mass is 449 g/mol. The largest absolute Gasteiger partial charge is 0.435 e. The van der Waals surface area contributed by atoms with Crippen LogP contribution in [0.3, 0.4) is 0 Å². The lowest BCUT2D eigenvalue weighted by molar-refractivity contribution is -0.143. The molecule has 1 N–H and O–H groups in total. The van der Waals surface area contributed by atoms with Gasteiger partial charge in [0.05, 0.1) is 11.4 Å². The van der Waals surface area contributed by atoms with Gasteiger partial charge in [-0.2, -0.15) is 13.2 Å². The lowest BCUT2D eigenvalue weighted by Gasteiger charge is -2.31. The molecular formula is C17H19F4N5O3S. The van der Waals surface area contributed by atoms with Gasteiger partial charge in [0, 0.05) is 19.1 Å². The fourth-order valence-electron chi connectivity index (χ4n) is 3.13. The predicted octanol–water partition coefficient (Wildman–Crippen LogP) is 1.97. The molecule has 0 aliphatic carbocycles. The highest BCUT2D eigenvalue weighted by atomic mass is 32.2. The fraction of sp³-hybridized carbons (Fsp3) is 0.471. The average Bonchev–Trinajstić information content (AvgIpc) is 3.14. The van der Waals surface area contributed by atoms with Gasteiger partial charge in [0.2, 0.25) is 10.0 Å². The van der Waals surface area contributed by atoms with Crippen molar-refractivity contribution >= 4 is 15.9 Å². The first-order chi connectivity index (χ1) is 14.0. The summed E-state index contributed by atoms with van der Waals surface area (Å²) in [5.74, 6) is -1.68. The highest BCUT2D eigenvalue weighted by Crippen LogP contribution is 2.33. The summed E-state index contributed by atoms with van der Waals surface area (Å²) in [7, 11) is -3.42. The summed E-state index contributed by atoms with van der Waals surface area (Å²) in [5, 5.41) is 6.90. The first-order valence-electron chi connectivity index (χ1n) is 9.10. The van der Waals surface area contributed by atoms with Gasteiger partial charge in [-0.1, -0.05) is 5.21 Å². The number of hydrogen-bond donors (Lipinski definition) is 1. The van der Waals surface area contributed by atoms with E-state index in [0.29, 0.717) is 4.68 Å². The summed E-state index contributed by atoms with van der Waals surface area (Å²) in [4.78, 5) is 13.9. The quantitative estimate of drug-likeness (QED) is 0.704. The molecule has 0 saturated carbocycles. The van der Waals surface area contributed by atoms with E-state index in [1.54, 1.807) is 0 Å². The number of amides is 1. The van der Waals surface area contributed by atoms with Crippen LogP contribution in [0.25, 0.3) is 5.69 Å². The molecule has 1 aliphatic rings. The van der Waals surface area contributed by atoms with Gasteiger partial charge in [-0.15, -0.1) is 5.10 Å². The number of piperidine rings is 1. The third kappa shape index (κ3) is 4.78. The molecule has 8 nitrogen and oxygen atoms in total. The minimum absolute atomic E-state index is 0.0659. The van der Waals surface area contributed by atoms with Crippen LogP contribution in [0, 0.1) is 5.82 Å². The van der Waals surface area contributed by atoms with Gasteiger partial charge < -0.3 is 4.90 Å². The predicted molar refractivity (Wildman–Crippen MR) is 97.8 cm³/mol. The van der Waals surface area contributed by atoms with Crippen molar-refractivity contribution in [3.63, 3.8) is 0 Å². The molecule has 1 saturated heterocycles. The molecule has 2 heterocycles. The summed E-state index contributed by atoms with van der Waals surface area (Å²) in [6.07, 6.45) is -4.41. The zero-order chi connectivity index (χ0) is 22.1. The standard InChI is InChI=1S/C17H19F4N5O3S/c1-2-30(28,29)23-12-7-9-25(10-8-12)16(27)14-15(17(19,20)21)26(24-22-14)13-5-3-11(18)4-6-13/h3-6,12,23H,2,7-10H2,1H3. The highest BCUT2D eigenvalue weighted by molar-refractivity contribution is 7.89. The average molecular weight is 449 g/mol. The van der Waals surface area contributed by atoms with Gasteiger partial charge in [-0.25, -0.2) is 22.2 Å². The van der Waals surface area contributed by atoms with Crippen molar-refractivity contribution in [3.05, 3.63) is 41.5 Å². The molecule has 3 rings (SSSR count). The SMILES string of the molecule is CCS(=O)(=O)NC1CCN(C(=O)c2nnn(-c3ccc(F)cc3)c2C(F)(F)F)CC1. The van der Waals surface area contributed by atoms with E-state index in [0.717, 1.165) is 24.3 Å². The van der Waals surface area contributed by atoms with Gasteiger partial charge in [0.15, 0.2) is 11.4 Å². The molecule has 0 unspecified atom stereocenters. The van der Waals surface area contributed by atoms with Crippen LogP contribution in [0.1, 0.15) is 35.9 Å². The maximum atomic E-state index is 13.7. The smallest absolute Gasteiger partial charge is 0.337 e. The molecule has 1 aromatic heterocycles. The minimum atomic E-state index is -4.93. The van der Waals surface area contributed by atoms with Crippen molar-refractivity contribution in [1.29, 1.82) is 0 Å². The Morgan fingerprint density at radius 1 is 1.20 bits per heavy atom. The van der Waals surface area contributed by atoms with E-state index in [1.807, 2.05) is 0 Å². The summed E-state index contributed by atoms with van der Waals surface area (Å²) < 4.78 is 80.5. The van der Waals surface area contributed by atoms with Crippen molar-refractivity contribution in [2.24, 2.45) is 0 Å². The molecule has 164 valence electrons. The van der Waals surface area contributed by atoms with E-state index >= 15 is 0 Å². The third-order valence-electron chi connectivity index (χ3n) is 4.72. The number of rotatable bonds is 5. The van der Waals surface area contributed by atoms with Crippen LogP contribution in [0.5, 0.6) is 0 Å². The normalized spacial score (nSPS) is 16.1. The molecule has 0 bridgehead atoms. The number of carbonyl (C=O) groups is 1. The Kier molecular flexibility index (Phi) is 6.13. The number of nitrogens with zero attached hydrogens (tertiary/aromatic N) is 4. The lowest BCUT2D eigenvalue weighted by Crippen LogP contribution is -2.47. The molecule has 1 amide bonds. The van der Waals surface area contributed by atoms with E-state index in [4.69, 9.17) is 0 Å². The molecule has 13 heteroatoms. The number of hydrogen-bond acceptors (Lipinski definition) is 5. The van der Waals surface area contributed by atoms with E-state index in [-0.39, 0.29) is 37.4 Å². The Morgan fingerprint density at radius 2 is 1.80 bits per heavy atom. The number of benzene rings is 1. The van der Waals surface area contributed by atoms with E-state index < -0.39 is 45.4 Å². The molecule has 1 aromatic carbocycles. The molecule has 0 radical (unpaired) electrons. The number of aromatic nitrogens is 3. The van der Waals surface area contributed by atoms with Crippen LogP contribution >= 0.6 is 0 Å². The van der Waals surface area contributed by atoms with Crippen molar-refractivity contribution in [1.82, 2.24) is 24.6 Å². The van der Waals surface area contributed by atoms with Crippen LogP contribution in [-0.2, 0) is 16.2 Å². The van der Waals surface area contributed by atoms with E-state index in [9.17, 15) is 30.8 Å².